The molecule has 0 saturated heterocycles. The molecule has 20 heavy (non-hydrogen) atoms. The third kappa shape index (κ3) is 3.02. The molecule has 1 aromatic carbocycles. The van der Waals surface area contributed by atoms with Gasteiger partial charge < -0.3 is 10.1 Å². The van der Waals surface area contributed by atoms with Gasteiger partial charge in [-0.05, 0) is 30.2 Å². The molecule has 0 fully saturated rings. The summed E-state index contributed by atoms with van der Waals surface area (Å²) in [4.78, 5) is 16.1. The number of esters is 1. The van der Waals surface area contributed by atoms with Gasteiger partial charge in [0.25, 0.3) is 0 Å². The largest absolute Gasteiger partial charge is 0.467 e. The van der Waals surface area contributed by atoms with E-state index in [4.69, 9.17) is 16.3 Å². The summed E-state index contributed by atoms with van der Waals surface area (Å²) in [6, 6.07) is 6.93. The average molecular weight is 293 g/mol. The SMILES string of the molecule is COC(=O)C(Nc1ccnc2cc(Cl)ccc12)C(C)C. The van der Waals surface area contributed by atoms with E-state index in [2.05, 4.69) is 10.3 Å². The number of ether oxygens (including phenoxy) is 1. The molecule has 1 atom stereocenters. The lowest BCUT2D eigenvalue weighted by Gasteiger charge is -2.21. The van der Waals surface area contributed by atoms with Crippen LogP contribution in [0.5, 0.6) is 0 Å². The minimum absolute atomic E-state index is 0.109. The van der Waals surface area contributed by atoms with Crippen molar-refractivity contribution < 1.29 is 9.53 Å². The lowest BCUT2D eigenvalue weighted by molar-refractivity contribution is -0.142. The minimum atomic E-state index is -0.402. The minimum Gasteiger partial charge on any atom is -0.467 e. The van der Waals surface area contributed by atoms with Crippen LogP contribution in [0, 0.1) is 5.92 Å². The Labute approximate surface area is 123 Å². The molecule has 0 amide bonds. The fourth-order valence-electron chi connectivity index (χ4n) is 2.04. The highest BCUT2D eigenvalue weighted by Crippen LogP contribution is 2.26. The summed E-state index contributed by atoms with van der Waals surface area (Å²) < 4.78 is 4.84. The molecule has 0 aliphatic heterocycles. The Morgan fingerprint density at radius 3 is 2.75 bits per heavy atom. The second-order valence-electron chi connectivity index (χ2n) is 4.91. The van der Waals surface area contributed by atoms with Crippen LogP contribution < -0.4 is 5.32 Å². The fraction of sp³-hybridized carbons (Fsp3) is 0.333. The fourth-order valence-corrected chi connectivity index (χ4v) is 2.21. The Balaban J connectivity index is 2.40. The zero-order chi connectivity index (χ0) is 14.7. The summed E-state index contributed by atoms with van der Waals surface area (Å²) in [5, 5.41) is 4.79. The summed E-state index contributed by atoms with van der Waals surface area (Å²) in [5.41, 5.74) is 1.63. The number of methoxy groups -OCH3 is 1. The van der Waals surface area contributed by atoms with E-state index in [0.717, 1.165) is 16.6 Å². The number of anilines is 1. The Hall–Kier alpha value is -1.81. The maximum atomic E-state index is 11.8. The number of nitrogens with one attached hydrogen (secondary N) is 1. The quantitative estimate of drug-likeness (QED) is 0.876. The third-order valence-corrected chi connectivity index (χ3v) is 3.37. The first-order valence-electron chi connectivity index (χ1n) is 6.41. The van der Waals surface area contributed by atoms with Crippen LogP contribution in [0.4, 0.5) is 5.69 Å². The first-order valence-corrected chi connectivity index (χ1v) is 6.79. The molecule has 0 radical (unpaired) electrons. The Morgan fingerprint density at radius 1 is 1.35 bits per heavy atom. The maximum Gasteiger partial charge on any atom is 0.328 e. The van der Waals surface area contributed by atoms with Crippen molar-refractivity contribution in [2.75, 3.05) is 12.4 Å². The number of pyridine rings is 1. The van der Waals surface area contributed by atoms with Gasteiger partial charge in [-0.3, -0.25) is 4.98 Å². The molecule has 0 aliphatic rings. The molecule has 0 aliphatic carbocycles. The van der Waals surface area contributed by atoms with Crippen LogP contribution in [-0.2, 0) is 9.53 Å². The number of carbonyl (C=O) groups excluding carboxylic acids is 1. The van der Waals surface area contributed by atoms with Gasteiger partial charge in [0, 0.05) is 22.3 Å². The third-order valence-electron chi connectivity index (χ3n) is 3.14. The summed E-state index contributed by atoms with van der Waals surface area (Å²) >= 11 is 5.97. The Kier molecular flexibility index (Phi) is 4.45. The number of nitrogens with zero attached hydrogens (tertiary/aromatic N) is 1. The molecular weight excluding hydrogens is 276 g/mol. The zero-order valence-corrected chi connectivity index (χ0v) is 12.4. The molecule has 0 spiro atoms. The number of benzene rings is 1. The predicted octanol–water partition coefficient (Wildman–Crippen LogP) is 3.50. The molecule has 0 bridgehead atoms. The van der Waals surface area contributed by atoms with Crippen molar-refractivity contribution in [2.24, 2.45) is 5.92 Å². The topological polar surface area (TPSA) is 51.2 Å². The molecule has 5 heteroatoms. The molecule has 1 heterocycles. The summed E-state index contributed by atoms with van der Waals surface area (Å²) in [5.74, 6) is -0.170. The molecule has 4 nitrogen and oxygen atoms in total. The highest BCUT2D eigenvalue weighted by Gasteiger charge is 2.23. The first kappa shape index (κ1) is 14.6. The van der Waals surface area contributed by atoms with Crippen LogP contribution in [0.1, 0.15) is 13.8 Å². The Morgan fingerprint density at radius 2 is 2.10 bits per heavy atom. The van der Waals surface area contributed by atoms with Crippen LogP contribution in [0.2, 0.25) is 5.02 Å². The van der Waals surface area contributed by atoms with Gasteiger partial charge in [-0.2, -0.15) is 0 Å². The number of aromatic nitrogens is 1. The second kappa shape index (κ2) is 6.09. The van der Waals surface area contributed by atoms with Gasteiger partial charge in [0.2, 0.25) is 0 Å². The summed E-state index contributed by atoms with van der Waals surface area (Å²) in [7, 11) is 1.39. The molecule has 1 N–H and O–H groups in total. The van der Waals surface area contributed by atoms with Crippen molar-refractivity contribution in [1.29, 1.82) is 0 Å². The average Bonchev–Trinajstić information content (AvgIpc) is 2.43. The van der Waals surface area contributed by atoms with Gasteiger partial charge in [-0.1, -0.05) is 25.4 Å². The van der Waals surface area contributed by atoms with E-state index in [9.17, 15) is 4.79 Å². The van der Waals surface area contributed by atoms with E-state index in [-0.39, 0.29) is 11.9 Å². The standard InChI is InChI=1S/C15H17ClN2O2/c1-9(2)14(15(19)20-3)18-12-6-7-17-13-8-10(16)4-5-11(12)13/h4-9,14H,1-3H3,(H,17,18). The highest BCUT2D eigenvalue weighted by atomic mass is 35.5. The van der Waals surface area contributed by atoms with Gasteiger partial charge >= 0.3 is 5.97 Å². The molecule has 1 aromatic heterocycles. The van der Waals surface area contributed by atoms with E-state index < -0.39 is 6.04 Å². The van der Waals surface area contributed by atoms with Crippen LogP contribution >= 0.6 is 11.6 Å². The Bertz CT molecular complexity index is 628. The van der Waals surface area contributed by atoms with Gasteiger partial charge in [-0.15, -0.1) is 0 Å². The van der Waals surface area contributed by atoms with Crippen LogP contribution in [0.15, 0.2) is 30.5 Å². The van der Waals surface area contributed by atoms with Gasteiger partial charge in [0.15, 0.2) is 0 Å². The molecular formula is C15H17ClN2O2. The predicted molar refractivity (Wildman–Crippen MR) is 81.0 cm³/mol. The number of rotatable bonds is 4. The second-order valence-corrected chi connectivity index (χ2v) is 5.35. The van der Waals surface area contributed by atoms with E-state index in [1.165, 1.54) is 7.11 Å². The zero-order valence-electron chi connectivity index (χ0n) is 11.7. The van der Waals surface area contributed by atoms with Crippen molar-refractivity contribution in [3.8, 4) is 0 Å². The summed E-state index contributed by atoms with van der Waals surface area (Å²) in [6.07, 6.45) is 1.69. The van der Waals surface area contributed by atoms with Crippen LogP contribution in [-0.4, -0.2) is 24.1 Å². The maximum absolute atomic E-state index is 11.8. The van der Waals surface area contributed by atoms with E-state index >= 15 is 0 Å². The number of fused-ring (bicyclic) bond motifs is 1. The lowest BCUT2D eigenvalue weighted by Crippen LogP contribution is -2.35. The van der Waals surface area contributed by atoms with E-state index in [1.807, 2.05) is 26.0 Å². The van der Waals surface area contributed by atoms with Crippen molar-refractivity contribution in [1.82, 2.24) is 4.98 Å². The van der Waals surface area contributed by atoms with Crippen molar-refractivity contribution in [3.05, 3.63) is 35.5 Å². The molecule has 2 rings (SSSR count). The van der Waals surface area contributed by atoms with E-state index in [1.54, 1.807) is 18.3 Å². The van der Waals surface area contributed by atoms with Crippen LogP contribution in [0.3, 0.4) is 0 Å². The number of carbonyl (C=O) groups is 1. The number of halogens is 1. The van der Waals surface area contributed by atoms with E-state index in [0.29, 0.717) is 5.02 Å². The van der Waals surface area contributed by atoms with Crippen molar-refractivity contribution in [3.63, 3.8) is 0 Å². The first-order chi connectivity index (χ1) is 9.52. The monoisotopic (exact) mass is 292 g/mol. The van der Waals surface area contributed by atoms with Gasteiger partial charge in [0.1, 0.15) is 6.04 Å². The smallest absolute Gasteiger partial charge is 0.328 e. The molecule has 106 valence electrons. The van der Waals surface area contributed by atoms with Crippen LogP contribution in [0.25, 0.3) is 10.9 Å². The molecule has 1 unspecified atom stereocenters. The normalized spacial score (nSPS) is 12.4. The van der Waals surface area contributed by atoms with Crippen molar-refractivity contribution >= 4 is 34.2 Å². The van der Waals surface area contributed by atoms with Gasteiger partial charge in [-0.25, -0.2) is 4.79 Å². The van der Waals surface area contributed by atoms with Crippen molar-refractivity contribution in [2.45, 2.75) is 19.9 Å². The highest BCUT2D eigenvalue weighted by molar-refractivity contribution is 6.31. The lowest BCUT2D eigenvalue weighted by atomic mass is 10.0. The number of hydrogen-bond acceptors (Lipinski definition) is 4. The summed E-state index contributed by atoms with van der Waals surface area (Å²) in [6.45, 7) is 3.93. The number of hydrogen-bond donors (Lipinski definition) is 1. The molecule has 2 aromatic rings. The molecule has 0 saturated carbocycles. The van der Waals surface area contributed by atoms with Gasteiger partial charge in [0.05, 0.1) is 12.6 Å².